The number of ether oxygens (including phenoxy) is 1. The van der Waals surface area contributed by atoms with Gasteiger partial charge < -0.3 is 10.5 Å². The van der Waals surface area contributed by atoms with Crippen molar-refractivity contribution in [2.45, 2.75) is 97.4 Å². The number of rotatable bonds is 2. The molecule has 37 heavy (non-hydrogen) atoms. The first-order valence-electron chi connectivity index (χ1n) is 14.9. The van der Waals surface area contributed by atoms with Crippen molar-refractivity contribution in [2.75, 3.05) is 7.11 Å². The lowest BCUT2D eigenvalue weighted by Crippen LogP contribution is -2.66. The Morgan fingerprint density at radius 2 is 1.76 bits per heavy atom. The van der Waals surface area contributed by atoms with Crippen LogP contribution < -0.4 is 5.73 Å². The average molecular weight is 508 g/mol. The highest BCUT2D eigenvalue weighted by Crippen LogP contribution is 2.74. The lowest BCUT2D eigenvalue weighted by atomic mass is 9.34. The average Bonchev–Trinajstić information content (AvgIpc) is 3.26. The zero-order valence-electron chi connectivity index (χ0n) is 23.5. The second-order valence-electron chi connectivity index (χ2n) is 14.3. The van der Waals surface area contributed by atoms with E-state index in [0.29, 0.717) is 34.5 Å². The Morgan fingerprint density at radius 3 is 2.49 bits per heavy atom. The predicted octanol–water partition coefficient (Wildman–Crippen LogP) is 7.78. The Balaban J connectivity index is 1.32. The van der Waals surface area contributed by atoms with E-state index in [1.807, 2.05) is 6.07 Å². The zero-order valence-corrected chi connectivity index (χ0v) is 23.5. The molecule has 6 rings (SSSR count). The van der Waals surface area contributed by atoms with E-state index in [1.54, 1.807) is 12.1 Å². The molecule has 0 saturated heterocycles. The molecule has 0 heterocycles. The van der Waals surface area contributed by atoms with Crippen LogP contribution in [-0.4, -0.2) is 18.6 Å². The molecule has 8 unspecified atom stereocenters. The quantitative estimate of drug-likeness (QED) is 0.416. The van der Waals surface area contributed by atoms with Crippen LogP contribution in [0, 0.1) is 51.7 Å². The van der Waals surface area contributed by atoms with Crippen LogP contribution in [0.3, 0.4) is 0 Å². The highest BCUT2D eigenvalue weighted by molar-refractivity contribution is 5.90. The van der Waals surface area contributed by atoms with Gasteiger partial charge >= 0.3 is 5.97 Å². The summed E-state index contributed by atoms with van der Waals surface area (Å²) >= 11 is 0. The molecule has 0 aromatic heterocycles. The third-order valence-corrected chi connectivity index (χ3v) is 13.3. The summed E-state index contributed by atoms with van der Waals surface area (Å²) in [6.07, 6.45) is 15.1. The minimum absolute atomic E-state index is 0.00910. The molecule has 1 aromatic rings. The number of fused-ring (bicyclic) bond motifs is 7. The number of carbonyl (C=O) groups is 1. The maximum Gasteiger partial charge on any atom is 0.340 e. The Hall–Kier alpha value is -1.68. The van der Waals surface area contributed by atoms with Crippen LogP contribution in [0.2, 0.25) is 0 Å². The van der Waals surface area contributed by atoms with Crippen LogP contribution in [0.1, 0.15) is 108 Å². The summed E-state index contributed by atoms with van der Waals surface area (Å²) in [6.45, 7) is 10.3. The predicted molar refractivity (Wildman–Crippen MR) is 146 cm³/mol. The Morgan fingerprint density at radius 1 is 0.973 bits per heavy atom. The SMILES string of the molecule is COC(=O)c1ccc(C2=CCC3(C)C(CCC4(C)C3CCC3C5CCCC5(N)CC[C@]34C)C2C)cc1F. The molecule has 4 saturated carbocycles. The van der Waals surface area contributed by atoms with Gasteiger partial charge in [0.05, 0.1) is 12.7 Å². The fourth-order valence-corrected chi connectivity index (χ4v) is 11.2. The second-order valence-corrected chi connectivity index (χ2v) is 14.3. The fraction of sp³-hybridized carbons (Fsp3) is 0.727. The number of halogens is 1. The smallest absolute Gasteiger partial charge is 0.340 e. The van der Waals surface area contributed by atoms with Crippen molar-refractivity contribution in [2.24, 2.45) is 51.6 Å². The Bertz CT molecular complexity index is 1150. The van der Waals surface area contributed by atoms with Crippen LogP contribution in [-0.2, 0) is 4.74 Å². The van der Waals surface area contributed by atoms with Gasteiger partial charge in [0.25, 0.3) is 0 Å². The van der Waals surface area contributed by atoms with Gasteiger partial charge in [0.15, 0.2) is 0 Å². The maximum atomic E-state index is 14.8. The van der Waals surface area contributed by atoms with Crippen molar-refractivity contribution in [1.29, 1.82) is 0 Å². The van der Waals surface area contributed by atoms with Crippen molar-refractivity contribution >= 4 is 11.5 Å². The third kappa shape index (κ3) is 3.36. The minimum Gasteiger partial charge on any atom is -0.465 e. The largest absolute Gasteiger partial charge is 0.465 e. The topological polar surface area (TPSA) is 52.3 Å². The first-order valence-corrected chi connectivity index (χ1v) is 14.9. The van der Waals surface area contributed by atoms with E-state index in [1.165, 1.54) is 70.5 Å². The summed E-state index contributed by atoms with van der Waals surface area (Å²) in [5.41, 5.74) is 10.3. The van der Waals surface area contributed by atoms with Crippen LogP contribution in [0.5, 0.6) is 0 Å². The van der Waals surface area contributed by atoms with Gasteiger partial charge in [-0.15, -0.1) is 0 Å². The van der Waals surface area contributed by atoms with Crippen LogP contribution in [0.15, 0.2) is 24.3 Å². The van der Waals surface area contributed by atoms with Gasteiger partial charge in [-0.1, -0.05) is 46.3 Å². The molecule has 4 fully saturated rings. The third-order valence-electron chi connectivity index (χ3n) is 13.3. The van der Waals surface area contributed by atoms with Gasteiger partial charge in [0, 0.05) is 5.54 Å². The molecular formula is C33H46FNO2. The van der Waals surface area contributed by atoms with Crippen molar-refractivity contribution in [3.63, 3.8) is 0 Å². The molecule has 0 bridgehead atoms. The molecule has 2 N–H and O–H groups in total. The summed E-state index contributed by atoms with van der Waals surface area (Å²) < 4.78 is 19.6. The molecule has 1 aromatic carbocycles. The molecule has 0 spiro atoms. The van der Waals surface area contributed by atoms with Crippen LogP contribution >= 0.6 is 0 Å². The van der Waals surface area contributed by atoms with Gasteiger partial charge in [0.2, 0.25) is 0 Å². The first-order chi connectivity index (χ1) is 17.5. The lowest BCUT2D eigenvalue weighted by molar-refractivity contribution is -0.209. The second kappa shape index (κ2) is 8.41. The van der Waals surface area contributed by atoms with Gasteiger partial charge in [-0.25, -0.2) is 9.18 Å². The molecular weight excluding hydrogens is 461 g/mol. The van der Waals surface area contributed by atoms with E-state index in [-0.39, 0.29) is 16.5 Å². The lowest BCUT2D eigenvalue weighted by Gasteiger charge is -2.71. The van der Waals surface area contributed by atoms with E-state index in [2.05, 4.69) is 33.8 Å². The fourth-order valence-electron chi connectivity index (χ4n) is 11.2. The summed E-state index contributed by atoms with van der Waals surface area (Å²) in [7, 11) is 1.29. The summed E-state index contributed by atoms with van der Waals surface area (Å²) in [5, 5.41) is 0. The first kappa shape index (κ1) is 25.6. The highest BCUT2D eigenvalue weighted by atomic mass is 19.1. The number of carbonyl (C=O) groups excluding carboxylic acids is 1. The molecule has 3 nitrogen and oxygen atoms in total. The number of allylic oxidation sites excluding steroid dienone is 2. The standard InChI is InChI=1S/C33H46FNO2/c1-20-22(21-8-9-23(27(34)19-21)29(36)37-5)12-15-30(2)24(20)13-16-32(4)28(30)11-10-25-26-7-6-14-33(26,35)18-17-31(25,32)3/h8-9,12,19-20,24-26,28H,6-7,10-11,13-18,35H2,1-5H3/t20?,24?,25?,26?,28?,30?,31-,32?,33?/m1/s1. The summed E-state index contributed by atoms with van der Waals surface area (Å²) in [5.74, 6) is 2.06. The van der Waals surface area contributed by atoms with Crippen molar-refractivity contribution in [1.82, 2.24) is 0 Å². The van der Waals surface area contributed by atoms with Gasteiger partial charge in [-0.2, -0.15) is 0 Å². The number of hydrogen-bond acceptors (Lipinski definition) is 3. The Kier molecular flexibility index (Phi) is 5.81. The van der Waals surface area contributed by atoms with Crippen LogP contribution in [0.25, 0.3) is 5.57 Å². The molecule has 5 aliphatic rings. The molecule has 0 aliphatic heterocycles. The van der Waals surface area contributed by atoms with Crippen molar-refractivity contribution < 1.29 is 13.9 Å². The molecule has 4 heteroatoms. The molecule has 0 radical (unpaired) electrons. The molecule has 202 valence electrons. The Labute approximate surface area is 222 Å². The highest BCUT2D eigenvalue weighted by Gasteiger charge is 2.68. The number of esters is 1. The summed E-state index contributed by atoms with van der Waals surface area (Å²) in [6, 6.07) is 5.03. The van der Waals surface area contributed by atoms with Crippen molar-refractivity contribution in [3.8, 4) is 0 Å². The van der Waals surface area contributed by atoms with E-state index in [4.69, 9.17) is 10.5 Å². The van der Waals surface area contributed by atoms with E-state index < -0.39 is 11.8 Å². The van der Waals surface area contributed by atoms with Gasteiger partial charge in [0.1, 0.15) is 5.82 Å². The van der Waals surface area contributed by atoms with E-state index in [9.17, 15) is 9.18 Å². The normalized spacial score (nSPS) is 46.7. The van der Waals surface area contributed by atoms with Gasteiger partial charge in [-0.05, 0) is 127 Å². The maximum absolute atomic E-state index is 14.8. The number of hydrogen-bond donors (Lipinski definition) is 1. The monoisotopic (exact) mass is 507 g/mol. The van der Waals surface area contributed by atoms with Gasteiger partial charge in [-0.3, -0.25) is 0 Å². The molecule has 5 aliphatic carbocycles. The van der Waals surface area contributed by atoms with E-state index in [0.717, 1.165) is 17.9 Å². The zero-order chi connectivity index (χ0) is 26.4. The van der Waals surface area contributed by atoms with Crippen molar-refractivity contribution in [3.05, 3.63) is 41.2 Å². The number of methoxy groups -OCH3 is 1. The molecule has 0 amide bonds. The molecule has 9 atom stereocenters. The van der Waals surface area contributed by atoms with E-state index >= 15 is 0 Å². The number of benzene rings is 1. The number of nitrogens with two attached hydrogens (primary N) is 1. The van der Waals surface area contributed by atoms with Crippen LogP contribution in [0.4, 0.5) is 4.39 Å². The summed E-state index contributed by atoms with van der Waals surface area (Å²) in [4.78, 5) is 11.9. The minimum atomic E-state index is -0.620.